The number of benzene rings is 1. The van der Waals surface area contributed by atoms with Crippen LogP contribution in [0.3, 0.4) is 0 Å². The van der Waals surface area contributed by atoms with E-state index in [1.165, 1.54) is 0 Å². The molecule has 0 aliphatic rings. The summed E-state index contributed by atoms with van der Waals surface area (Å²) in [5.41, 5.74) is 8.56. The molecule has 0 radical (unpaired) electrons. The third-order valence-electron chi connectivity index (χ3n) is 3.37. The number of pyridine rings is 1. The fourth-order valence-corrected chi connectivity index (χ4v) is 2.09. The number of fused-ring (bicyclic) bond motifs is 1. The second kappa shape index (κ2) is 5.97. The largest absolute Gasteiger partial charge is 0.389 e. The zero-order valence-electron chi connectivity index (χ0n) is 11.3. The average molecular weight is 273 g/mol. The van der Waals surface area contributed by atoms with Crippen molar-refractivity contribution >= 4 is 33.8 Å². The van der Waals surface area contributed by atoms with Crippen molar-refractivity contribution in [2.45, 2.75) is 20.3 Å². The van der Waals surface area contributed by atoms with Gasteiger partial charge in [0.25, 0.3) is 0 Å². The van der Waals surface area contributed by atoms with Gasteiger partial charge in [0.15, 0.2) is 0 Å². The Morgan fingerprint density at radius 1 is 1.42 bits per heavy atom. The number of para-hydroxylation sites is 1. The van der Waals surface area contributed by atoms with E-state index < -0.39 is 0 Å². The van der Waals surface area contributed by atoms with Gasteiger partial charge in [0.05, 0.1) is 16.8 Å². The summed E-state index contributed by atoms with van der Waals surface area (Å²) in [5.74, 6) is 0.603. The Labute approximate surface area is 119 Å². The van der Waals surface area contributed by atoms with Crippen molar-refractivity contribution in [2.24, 2.45) is 11.7 Å². The number of thiocarbonyl (C=S) groups is 1. The number of nitrogens with zero attached hydrogens (tertiary/aromatic N) is 1. The highest BCUT2D eigenvalue weighted by Gasteiger charge is 2.11. The molecule has 2 aromatic rings. The molecule has 3 nitrogen and oxygen atoms in total. The topological polar surface area (TPSA) is 50.9 Å². The first-order valence-corrected chi connectivity index (χ1v) is 6.95. The molecule has 0 saturated carbocycles. The van der Waals surface area contributed by atoms with E-state index in [9.17, 15) is 0 Å². The smallest absolute Gasteiger partial charge is 0.107 e. The fraction of sp³-hybridized carbons (Fsp3) is 0.333. The predicted octanol–water partition coefficient (Wildman–Crippen LogP) is 3.33. The monoisotopic (exact) mass is 273 g/mol. The molecule has 0 aliphatic heterocycles. The molecule has 4 heteroatoms. The maximum absolute atomic E-state index is 5.80. The molecule has 1 aromatic carbocycles. The highest BCUT2D eigenvalue weighted by molar-refractivity contribution is 7.80. The Morgan fingerprint density at radius 3 is 2.84 bits per heavy atom. The summed E-state index contributed by atoms with van der Waals surface area (Å²) in [5, 5.41) is 4.55. The zero-order chi connectivity index (χ0) is 13.8. The number of rotatable bonds is 5. The van der Waals surface area contributed by atoms with Crippen molar-refractivity contribution in [2.75, 3.05) is 11.9 Å². The van der Waals surface area contributed by atoms with Crippen molar-refractivity contribution in [3.05, 3.63) is 36.0 Å². The number of anilines is 1. The molecule has 100 valence electrons. The Hall–Kier alpha value is -1.68. The van der Waals surface area contributed by atoms with Crippen molar-refractivity contribution in [1.29, 1.82) is 0 Å². The molecule has 0 spiro atoms. The Kier molecular flexibility index (Phi) is 4.32. The molecule has 19 heavy (non-hydrogen) atoms. The first-order valence-electron chi connectivity index (χ1n) is 6.55. The lowest BCUT2D eigenvalue weighted by atomic mass is 10.1. The lowest BCUT2D eigenvalue weighted by Gasteiger charge is -2.16. The lowest BCUT2D eigenvalue weighted by molar-refractivity contribution is 0.594. The summed E-state index contributed by atoms with van der Waals surface area (Å²) in [6.07, 6.45) is 2.89. The van der Waals surface area contributed by atoms with Crippen molar-refractivity contribution in [3.8, 4) is 0 Å². The van der Waals surface area contributed by atoms with Crippen LogP contribution < -0.4 is 11.1 Å². The lowest BCUT2D eigenvalue weighted by Crippen LogP contribution is -2.17. The molecule has 1 heterocycles. The molecule has 0 amide bonds. The first-order chi connectivity index (χ1) is 9.13. The van der Waals surface area contributed by atoms with Gasteiger partial charge >= 0.3 is 0 Å². The minimum atomic E-state index is 0.380. The van der Waals surface area contributed by atoms with E-state index in [0.29, 0.717) is 10.9 Å². The number of hydrogen-bond acceptors (Lipinski definition) is 3. The molecule has 1 atom stereocenters. The van der Waals surface area contributed by atoms with Crippen molar-refractivity contribution in [1.82, 2.24) is 4.98 Å². The van der Waals surface area contributed by atoms with Gasteiger partial charge in [0.1, 0.15) is 4.99 Å². The van der Waals surface area contributed by atoms with E-state index in [1.54, 1.807) is 6.20 Å². The average Bonchev–Trinajstić information content (AvgIpc) is 2.43. The molecule has 1 unspecified atom stereocenters. The van der Waals surface area contributed by atoms with Crippen LogP contribution in [0.15, 0.2) is 30.5 Å². The van der Waals surface area contributed by atoms with Crippen LogP contribution in [0.5, 0.6) is 0 Å². The number of nitrogens with two attached hydrogens (primary N) is 1. The van der Waals surface area contributed by atoms with Gasteiger partial charge in [-0.1, -0.05) is 50.7 Å². The van der Waals surface area contributed by atoms with E-state index in [1.807, 2.05) is 24.3 Å². The van der Waals surface area contributed by atoms with Crippen LogP contribution in [0.25, 0.3) is 10.9 Å². The Bertz CT molecular complexity index is 595. The van der Waals surface area contributed by atoms with Crippen LogP contribution in [0.1, 0.15) is 25.8 Å². The SMILES string of the molecule is CCC(C)CNc1c(C(N)=S)cnc2ccccc12. The second-order valence-corrected chi connectivity index (χ2v) is 5.26. The van der Waals surface area contributed by atoms with Gasteiger partial charge < -0.3 is 11.1 Å². The molecule has 0 saturated heterocycles. The Morgan fingerprint density at radius 2 is 2.16 bits per heavy atom. The molecule has 0 bridgehead atoms. The highest BCUT2D eigenvalue weighted by atomic mass is 32.1. The van der Waals surface area contributed by atoms with Crippen molar-refractivity contribution in [3.63, 3.8) is 0 Å². The van der Waals surface area contributed by atoms with Crippen molar-refractivity contribution < 1.29 is 0 Å². The molecular formula is C15H19N3S. The van der Waals surface area contributed by atoms with Gasteiger partial charge in [-0.15, -0.1) is 0 Å². The normalized spacial score (nSPS) is 12.3. The number of nitrogens with one attached hydrogen (secondary N) is 1. The maximum Gasteiger partial charge on any atom is 0.107 e. The predicted molar refractivity (Wildman–Crippen MR) is 85.6 cm³/mol. The van der Waals surface area contributed by atoms with Gasteiger partial charge in [-0.2, -0.15) is 0 Å². The standard InChI is InChI=1S/C15H19N3S/c1-3-10(2)8-18-14-11-6-4-5-7-13(11)17-9-12(14)15(16)19/h4-7,9-10H,3,8H2,1-2H3,(H2,16,19)(H,17,18). The summed E-state index contributed by atoms with van der Waals surface area (Å²) < 4.78 is 0. The quantitative estimate of drug-likeness (QED) is 0.820. The van der Waals surface area contributed by atoms with E-state index in [0.717, 1.165) is 35.1 Å². The summed E-state index contributed by atoms with van der Waals surface area (Å²) in [7, 11) is 0. The third-order valence-corrected chi connectivity index (χ3v) is 3.59. The van der Waals surface area contributed by atoms with Crippen LogP contribution in [0, 0.1) is 5.92 Å². The van der Waals surface area contributed by atoms with Crippen LogP contribution in [0.2, 0.25) is 0 Å². The summed E-state index contributed by atoms with van der Waals surface area (Å²) in [4.78, 5) is 4.78. The molecule has 3 N–H and O–H groups in total. The van der Waals surface area contributed by atoms with E-state index >= 15 is 0 Å². The van der Waals surface area contributed by atoms with Gasteiger partial charge in [-0.25, -0.2) is 0 Å². The molecular weight excluding hydrogens is 254 g/mol. The van der Waals surface area contributed by atoms with E-state index in [-0.39, 0.29) is 0 Å². The fourth-order valence-electron chi connectivity index (χ4n) is 1.94. The van der Waals surface area contributed by atoms with Gasteiger partial charge in [0.2, 0.25) is 0 Å². The van der Waals surface area contributed by atoms with Gasteiger partial charge in [-0.05, 0) is 12.0 Å². The molecule has 1 aromatic heterocycles. The maximum atomic E-state index is 5.80. The van der Waals surface area contributed by atoms with Crippen LogP contribution in [-0.4, -0.2) is 16.5 Å². The molecule has 0 aliphatic carbocycles. The number of hydrogen-bond donors (Lipinski definition) is 2. The van der Waals surface area contributed by atoms with Crippen LogP contribution in [-0.2, 0) is 0 Å². The minimum Gasteiger partial charge on any atom is -0.389 e. The van der Waals surface area contributed by atoms with Gasteiger partial charge in [0, 0.05) is 18.1 Å². The minimum absolute atomic E-state index is 0.380. The summed E-state index contributed by atoms with van der Waals surface area (Å²) in [6, 6.07) is 8.02. The highest BCUT2D eigenvalue weighted by Crippen LogP contribution is 2.26. The molecule has 0 fully saturated rings. The van der Waals surface area contributed by atoms with Gasteiger partial charge in [-0.3, -0.25) is 4.98 Å². The van der Waals surface area contributed by atoms with E-state index in [4.69, 9.17) is 18.0 Å². The Balaban J connectivity index is 2.46. The number of aromatic nitrogens is 1. The summed E-state index contributed by atoms with van der Waals surface area (Å²) in [6.45, 7) is 5.31. The third kappa shape index (κ3) is 3.01. The second-order valence-electron chi connectivity index (χ2n) is 4.82. The zero-order valence-corrected chi connectivity index (χ0v) is 12.1. The first kappa shape index (κ1) is 13.7. The van der Waals surface area contributed by atoms with Crippen LogP contribution >= 0.6 is 12.2 Å². The van der Waals surface area contributed by atoms with Crippen LogP contribution in [0.4, 0.5) is 5.69 Å². The molecule has 2 rings (SSSR count). The summed E-state index contributed by atoms with van der Waals surface area (Å²) >= 11 is 5.12. The van der Waals surface area contributed by atoms with E-state index in [2.05, 4.69) is 24.1 Å².